The molecule has 3 aliphatic rings. The number of carbonyl (C=O) groups is 3. The van der Waals surface area contributed by atoms with Crippen LogP contribution in [0.1, 0.15) is 43.0 Å². The van der Waals surface area contributed by atoms with Crippen LogP contribution in [0.4, 0.5) is 0 Å². The van der Waals surface area contributed by atoms with Gasteiger partial charge in [0.05, 0.1) is 10.9 Å². The molecule has 0 unspecified atom stereocenters. The summed E-state index contributed by atoms with van der Waals surface area (Å²) in [6.07, 6.45) is 6.37. The molecule has 7 nitrogen and oxygen atoms in total. The lowest BCUT2D eigenvalue weighted by Crippen LogP contribution is -2.55. The number of hydrogen-bond acceptors (Lipinski definition) is 5. The molecular weight excluding hydrogens is 554 g/mol. The SMILES string of the molecule is CC1CCC([C@H](NC(=O)c2cccnc2)C(=O)N2C[C@H](Cl)[C@H]3OCC(=O)[C@H]32)CC1.S.S.S.S.S. The summed E-state index contributed by atoms with van der Waals surface area (Å²) >= 11 is 6.36. The van der Waals surface area contributed by atoms with Gasteiger partial charge in [-0.05, 0) is 36.8 Å². The number of fused-ring (bicyclic) bond motifs is 1. The molecule has 3 heterocycles. The van der Waals surface area contributed by atoms with Crippen LogP contribution in [0.5, 0.6) is 0 Å². The van der Waals surface area contributed by atoms with Gasteiger partial charge in [-0.25, -0.2) is 0 Å². The molecule has 1 N–H and O–H groups in total. The number of ether oxygens (including phenoxy) is 1. The normalized spacial score (nSPS) is 27.9. The lowest BCUT2D eigenvalue weighted by molar-refractivity contribution is -0.139. The lowest BCUT2D eigenvalue weighted by atomic mass is 9.78. The van der Waals surface area contributed by atoms with E-state index in [0.29, 0.717) is 11.5 Å². The van der Waals surface area contributed by atoms with Crippen LogP contribution in [-0.2, 0) is 14.3 Å². The molecule has 0 aromatic carbocycles. The van der Waals surface area contributed by atoms with Crippen LogP contribution in [0.25, 0.3) is 0 Å². The number of likely N-dealkylation sites (tertiary alicyclic amines) is 1. The number of hydrogen-bond donors (Lipinski definition) is 1. The summed E-state index contributed by atoms with van der Waals surface area (Å²) in [5.74, 6) is -0.0454. The predicted molar refractivity (Wildman–Crippen MR) is 158 cm³/mol. The average molecular weight is 590 g/mol. The minimum absolute atomic E-state index is 0. The summed E-state index contributed by atoms with van der Waals surface area (Å²) in [5, 5.41) is 2.52. The smallest absolute Gasteiger partial charge is 0.253 e. The fourth-order valence-corrected chi connectivity index (χ4v) is 5.08. The molecule has 2 aliphatic heterocycles. The van der Waals surface area contributed by atoms with E-state index in [-0.39, 0.29) is 104 Å². The number of pyridine rings is 1. The average Bonchev–Trinajstić information content (AvgIpc) is 3.28. The van der Waals surface area contributed by atoms with Gasteiger partial charge in [0.15, 0.2) is 5.78 Å². The van der Waals surface area contributed by atoms with E-state index in [9.17, 15) is 14.4 Å². The van der Waals surface area contributed by atoms with Gasteiger partial charge >= 0.3 is 0 Å². The highest BCUT2D eigenvalue weighted by Gasteiger charge is 2.53. The zero-order valence-electron chi connectivity index (χ0n) is 18.9. The molecule has 0 bridgehead atoms. The molecule has 1 saturated carbocycles. The first-order chi connectivity index (χ1) is 14.0. The number of Topliss-reactive ketones (excluding diaryl/α,β-unsaturated/α-hetero) is 1. The Hall–Kier alpha value is -0.240. The molecule has 13 heteroatoms. The largest absolute Gasteiger partial charge is 0.366 e. The Labute approximate surface area is 241 Å². The number of nitrogens with one attached hydrogen (secondary N) is 1. The van der Waals surface area contributed by atoms with E-state index in [1.807, 2.05) is 0 Å². The number of rotatable bonds is 4. The molecule has 0 radical (unpaired) electrons. The first kappa shape index (κ1) is 35.9. The summed E-state index contributed by atoms with van der Waals surface area (Å²) in [5.41, 5.74) is 0.407. The second kappa shape index (κ2) is 15.8. The van der Waals surface area contributed by atoms with Gasteiger partial charge in [0.25, 0.3) is 5.91 Å². The van der Waals surface area contributed by atoms with Crippen molar-refractivity contribution in [2.24, 2.45) is 11.8 Å². The standard InChI is InChI=1S/C21H26ClN3O4.5H2S/c1-12-4-6-13(7-5-12)17(24-20(27)14-3-2-8-23-9-14)21(28)25-10-15(22)19-18(25)16(26)11-29-19;;;;;/h2-3,8-9,12-13,15,17-19H,4-7,10-11H2,1H3,(H,24,27);5*1H2/t12?,13?,15-,17-,18+,19+;;;;;/m0...../s1. The first-order valence-corrected chi connectivity index (χ1v) is 10.7. The quantitative estimate of drug-likeness (QED) is 0.545. The first-order valence-electron chi connectivity index (χ1n) is 10.3. The summed E-state index contributed by atoms with van der Waals surface area (Å²) < 4.78 is 5.50. The van der Waals surface area contributed by atoms with Crippen molar-refractivity contribution in [3.05, 3.63) is 30.1 Å². The van der Waals surface area contributed by atoms with E-state index in [4.69, 9.17) is 16.3 Å². The molecule has 34 heavy (non-hydrogen) atoms. The van der Waals surface area contributed by atoms with Crippen molar-refractivity contribution in [2.75, 3.05) is 13.2 Å². The predicted octanol–water partition coefficient (Wildman–Crippen LogP) is 2.36. The second-order valence-corrected chi connectivity index (χ2v) is 8.97. The highest BCUT2D eigenvalue weighted by Crippen LogP contribution is 2.35. The number of nitrogens with zero attached hydrogens (tertiary/aromatic N) is 2. The number of carbonyl (C=O) groups excluding carboxylic acids is 3. The van der Waals surface area contributed by atoms with Gasteiger partial charge < -0.3 is 15.0 Å². The van der Waals surface area contributed by atoms with Gasteiger partial charge in [-0.1, -0.05) is 19.8 Å². The number of aromatic nitrogens is 1. The number of amides is 2. The van der Waals surface area contributed by atoms with Crippen molar-refractivity contribution < 1.29 is 19.1 Å². The minimum Gasteiger partial charge on any atom is -0.366 e. The van der Waals surface area contributed by atoms with Crippen LogP contribution in [-0.4, -0.2) is 64.2 Å². The van der Waals surface area contributed by atoms with Crippen LogP contribution < -0.4 is 5.32 Å². The molecule has 1 aliphatic carbocycles. The highest BCUT2D eigenvalue weighted by atomic mass is 35.5. The van der Waals surface area contributed by atoms with Crippen molar-refractivity contribution in [3.63, 3.8) is 0 Å². The number of ketones is 1. The van der Waals surface area contributed by atoms with Crippen LogP contribution in [0, 0.1) is 11.8 Å². The molecule has 2 amide bonds. The Bertz CT molecular complexity index is 802. The third-order valence-electron chi connectivity index (χ3n) is 6.41. The Morgan fingerprint density at radius 2 is 1.79 bits per heavy atom. The van der Waals surface area contributed by atoms with Crippen molar-refractivity contribution in [1.82, 2.24) is 15.2 Å². The van der Waals surface area contributed by atoms with E-state index in [2.05, 4.69) is 17.2 Å². The van der Waals surface area contributed by atoms with Crippen LogP contribution in [0.2, 0.25) is 0 Å². The van der Waals surface area contributed by atoms with Gasteiger partial charge in [0.2, 0.25) is 5.91 Å². The van der Waals surface area contributed by atoms with Gasteiger partial charge in [-0.2, -0.15) is 67.5 Å². The van der Waals surface area contributed by atoms with Gasteiger partial charge in [-0.3, -0.25) is 19.4 Å². The Kier molecular flexibility index (Phi) is 16.7. The fraction of sp³-hybridized carbons (Fsp3) is 0.619. The van der Waals surface area contributed by atoms with Gasteiger partial charge in [0, 0.05) is 18.9 Å². The van der Waals surface area contributed by atoms with E-state index >= 15 is 0 Å². The van der Waals surface area contributed by atoms with Crippen LogP contribution >= 0.6 is 79.1 Å². The summed E-state index contributed by atoms with van der Waals surface area (Å²) in [4.78, 5) is 44.2. The maximum atomic E-state index is 13.6. The Balaban J connectivity index is 0. The molecule has 2 saturated heterocycles. The zero-order valence-corrected chi connectivity index (χ0v) is 24.7. The van der Waals surface area contributed by atoms with Gasteiger partial charge in [0.1, 0.15) is 24.8 Å². The maximum absolute atomic E-state index is 13.6. The van der Waals surface area contributed by atoms with Gasteiger partial charge in [-0.15, -0.1) is 11.6 Å². The van der Waals surface area contributed by atoms with Crippen molar-refractivity contribution in [1.29, 1.82) is 0 Å². The third-order valence-corrected chi connectivity index (χ3v) is 6.80. The molecule has 3 fully saturated rings. The van der Waals surface area contributed by atoms with Crippen molar-refractivity contribution >= 4 is 96.7 Å². The van der Waals surface area contributed by atoms with Crippen LogP contribution in [0.3, 0.4) is 0 Å². The summed E-state index contributed by atoms with van der Waals surface area (Å²) in [6.45, 7) is 2.44. The van der Waals surface area contributed by atoms with Crippen molar-refractivity contribution in [2.45, 2.75) is 56.2 Å². The third kappa shape index (κ3) is 7.63. The highest BCUT2D eigenvalue weighted by molar-refractivity contribution is 7.60. The van der Waals surface area contributed by atoms with E-state index in [1.54, 1.807) is 18.3 Å². The molecule has 4 rings (SSSR count). The fourth-order valence-electron chi connectivity index (χ4n) is 4.72. The minimum atomic E-state index is -0.689. The Morgan fingerprint density at radius 3 is 2.38 bits per heavy atom. The zero-order chi connectivity index (χ0) is 20.5. The second-order valence-electron chi connectivity index (χ2n) is 8.41. The molecule has 196 valence electrons. The number of alkyl halides is 1. The topological polar surface area (TPSA) is 88.6 Å². The monoisotopic (exact) mass is 589 g/mol. The molecule has 1 aromatic rings. The van der Waals surface area contributed by atoms with E-state index in [0.717, 1.165) is 25.7 Å². The molecular formula is C21H36ClN3O4S5. The maximum Gasteiger partial charge on any atom is 0.253 e. The lowest BCUT2D eigenvalue weighted by Gasteiger charge is -2.35. The van der Waals surface area contributed by atoms with Crippen LogP contribution in [0.15, 0.2) is 24.5 Å². The molecule has 1 aromatic heterocycles. The molecule has 4 atom stereocenters. The van der Waals surface area contributed by atoms with Crippen molar-refractivity contribution in [3.8, 4) is 0 Å². The molecule has 0 spiro atoms. The number of halogens is 1. The Morgan fingerprint density at radius 1 is 1.15 bits per heavy atom. The summed E-state index contributed by atoms with van der Waals surface area (Å²) in [6, 6.07) is 2.02. The van der Waals surface area contributed by atoms with E-state index < -0.39 is 23.6 Å². The van der Waals surface area contributed by atoms with E-state index in [1.165, 1.54) is 11.1 Å². The summed E-state index contributed by atoms with van der Waals surface area (Å²) in [7, 11) is 0.